The number of nitrogens with one attached hydrogen (secondary N) is 2. The zero-order valence-electron chi connectivity index (χ0n) is 17.9. The van der Waals surface area contributed by atoms with Gasteiger partial charge in [-0.2, -0.15) is 0 Å². The number of nitrogens with two attached hydrogens (primary N) is 1. The summed E-state index contributed by atoms with van der Waals surface area (Å²) in [5.41, 5.74) is 8.30. The second kappa shape index (κ2) is 9.91. The molecule has 2 aromatic carbocycles. The molecular weight excluding hydrogens is 408 g/mol. The van der Waals surface area contributed by atoms with Crippen LogP contribution in [0, 0.1) is 0 Å². The van der Waals surface area contributed by atoms with E-state index in [1.54, 1.807) is 25.1 Å². The van der Waals surface area contributed by atoms with Crippen LogP contribution in [0.1, 0.15) is 41.3 Å². The van der Waals surface area contributed by atoms with E-state index in [-0.39, 0.29) is 48.9 Å². The summed E-state index contributed by atoms with van der Waals surface area (Å²) >= 11 is 0. The normalized spacial score (nSPS) is 15.6. The van der Waals surface area contributed by atoms with Crippen molar-refractivity contribution in [3.05, 3.63) is 77.5 Å². The van der Waals surface area contributed by atoms with Crippen molar-refractivity contribution < 1.29 is 19.2 Å². The second-order valence-electron chi connectivity index (χ2n) is 7.70. The zero-order valence-corrected chi connectivity index (χ0v) is 17.9. The average molecular weight is 434 g/mol. The molecule has 8 heteroatoms. The standard InChI is InChI=1S/C24H26N4O4/c1-15(2)28(19-11-12-20(29)27-23(19)31)24(32)22-17(9-6-10-18(22)25)14-26-21(30)13-16-7-4-3-5-8-16/h3-10,19H,1,11-14,25H2,2H3,(H,26,30)(H,27,29,31). The highest BCUT2D eigenvalue weighted by atomic mass is 16.2. The van der Waals surface area contributed by atoms with Crippen LogP contribution in [-0.2, 0) is 27.3 Å². The highest BCUT2D eigenvalue weighted by molar-refractivity contribution is 6.06. The summed E-state index contributed by atoms with van der Waals surface area (Å²) in [6, 6.07) is 13.4. The van der Waals surface area contributed by atoms with Crippen LogP contribution in [-0.4, -0.2) is 34.6 Å². The number of hydrogen-bond acceptors (Lipinski definition) is 5. The van der Waals surface area contributed by atoms with E-state index in [2.05, 4.69) is 17.2 Å². The minimum Gasteiger partial charge on any atom is -0.398 e. The molecule has 1 heterocycles. The Morgan fingerprint density at radius 2 is 1.88 bits per heavy atom. The molecular formula is C24H26N4O4. The monoisotopic (exact) mass is 434 g/mol. The van der Waals surface area contributed by atoms with Crippen molar-refractivity contribution in [2.24, 2.45) is 0 Å². The Morgan fingerprint density at radius 1 is 1.16 bits per heavy atom. The molecule has 32 heavy (non-hydrogen) atoms. The second-order valence-corrected chi connectivity index (χ2v) is 7.70. The quantitative estimate of drug-likeness (QED) is 0.454. The van der Waals surface area contributed by atoms with Gasteiger partial charge in [0.25, 0.3) is 5.91 Å². The lowest BCUT2D eigenvalue weighted by Gasteiger charge is -2.33. The summed E-state index contributed by atoms with van der Waals surface area (Å²) in [4.78, 5) is 51.1. The number of anilines is 1. The minimum absolute atomic E-state index is 0.0944. The molecule has 166 valence electrons. The maximum atomic E-state index is 13.5. The molecule has 4 N–H and O–H groups in total. The van der Waals surface area contributed by atoms with Crippen molar-refractivity contribution in [2.75, 3.05) is 5.73 Å². The number of hydrogen-bond donors (Lipinski definition) is 3. The SMILES string of the molecule is C=C(C)N(C(=O)c1c(N)cccc1CNC(=O)Cc1ccccc1)C1CCC(=O)NC1=O. The van der Waals surface area contributed by atoms with Crippen molar-refractivity contribution in [1.29, 1.82) is 0 Å². The summed E-state index contributed by atoms with van der Waals surface area (Å²) in [7, 11) is 0. The van der Waals surface area contributed by atoms with E-state index < -0.39 is 17.9 Å². The largest absolute Gasteiger partial charge is 0.398 e. The molecule has 3 rings (SSSR count). The minimum atomic E-state index is -0.863. The number of piperidine rings is 1. The van der Waals surface area contributed by atoms with E-state index in [1.807, 2.05) is 30.3 Å². The van der Waals surface area contributed by atoms with E-state index in [1.165, 1.54) is 4.90 Å². The number of carbonyl (C=O) groups is 4. The summed E-state index contributed by atoms with van der Waals surface area (Å²) in [6.45, 7) is 5.55. The van der Waals surface area contributed by atoms with Gasteiger partial charge in [0.05, 0.1) is 12.0 Å². The van der Waals surface area contributed by atoms with Crippen LogP contribution in [0.25, 0.3) is 0 Å². The third kappa shape index (κ3) is 5.21. The molecule has 1 aliphatic heterocycles. The Balaban J connectivity index is 1.81. The molecule has 0 aliphatic carbocycles. The summed E-state index contributed by atoms with van der Waals surface area (Å²) in [5.74, 6) is -1.62. The molecule has 4 amide bonds. The Morgan fingerprint density at radius 3 is 2.53 bits per heavy atom. The average Bonchev–Trinajstić information content (AvgIpc) is 2.74. The highest BCUT2D eigenvalue weighted by Crippen LogP contribution is 2.25. The Hall–Kier alpha value is -3.94. The van der Waals surface area contributed by atoms with E-state index in [0.29, 0.717) is 11.3 Å². The van der Waals surface area contributed by atoms with E-state index >= 15 is 0 Å². The Labute approximate surface area is 186 Å². The number of imide groups is 1. The summed E-state index contributed by atoms with van der Waals surface area (Å²) in [6.07, 6.45) is 0.528. The maximum absolute atomic E-state index is 13.5. The van der Waals surface area contributed by atoms with E-state index in [9.17, 15) is 19.2 Å². The third-order valence-corrected chi connectivity index (χ3v) is 5.23. The van der Waals surface area contributed by atoms with Gasteiger partial charge in [-0.15, -0.1) is 0 Å². The summed E-state index contributed by atoms with van der Waals surface area (Å²) in [5, 5.41) is 5.08. The van der Waals surface area contributed by atoms with Crippen LogP contribution in [0.15, 0.2) is 60.8 Å². The van der Waals surface area contributed by atoms with Crippen LogP contribution in [0.5, 0.6) is 0 Å². The molecule has 1 atom stereocenters. The first kappa shape index (κ1) is 22.7. The number of allylic oxidation sites excluding steroid dienone is 1. The molecule has 1 fully saturated rings. The van der Waals surface area contributed by atoms with Gasteiger partial charge < -0.3 is 16.0 Å². The molecule has 0 aromatic heterocycles. The van der Waals surface area contributed by atoms with Crippen LogP contribution in [0.2, 0.25) is 0 Å². The smallest absolute Gasteiger partial charge is 0.261 e. The number of nitrogen functional groups attached to an aromatic ring is 1. The van der Waals surface area contributed by atoms with Crippen molar-refractivity contribution in [2.45, 2.75) is 38.8 Å². The van der Waals surface area contributed by atoms with E-state index in [0.717, 1.165) is 5.56 Å². The number of nitrogens with zero attached hydrogens (tertiary/aromatic N) is 1. The Kier molecular flexibility index (Phi) is 7.04. The van der Waals surface area contributed by atoms with Gasteiger partial charge in [-0.1, -0.05) is 49.0 Å². The highest BCUT2D eigenvalue weighted by Gasteiger charge is 2.36. The predicted molar refractivity (Wildman–Crippen MR) is 120 cm³/mol. The fraction of sp³-hybridized carbons (Fsp3) is 0.250. The van der Waals surface area contributed by atoms with Gasteiger partial charge >= 0.3 is 0 Å². The molecule has 0 bridgehead atoms. The van der Waals surface area contributed by atoms with Gasteiger partial charge in [0, 0.05) is 24.4 Å². The lowest BCUT2D eigenvalue weighted by molar-refractivity contribution is -0.136. The Bertz CT molecular complexity index is 1060. The first-order valence-corrected chi connectivity index (χ1v) is 10.3. The predicted octanol–water partition coefficient (Wildman–Crippen LogP) is 1.91. The van der Waals surface area contributed by atoms with Crippen molar-refractivity contribution in [3.8, 4) is 0 Å². The van der Waals surface area contributed by atoms with Crippen LogP contribution in [0.3, 0.4) is 0 Å². The summed E-state index contributed by atoms with van der Waals surface area (Å²) < 4.78 is 0. The number of carbonyl (C=O) groups excluding carboxylic acids is 4. The number of rotatable bonds is 7. The first-order chi connectivity index (χ1) is 15.3. The van der Waals surface area contributed by atoms with Gasteiger partial charge in [-0.25, -0.2) is 0 Å². The fourth-order valence-electron chi connectivity index (χ4n) is 3.70. The van der Waals surface area contributed by atoms with Crippen LogP contribution < -0.4 is 16.4 Å². The lowest BCUT2D eigenvalue weighted by Crippen LogP contribution is -2.53. The van der Waals surface area contributed by atoms with Crippen molar-refractivity contribution >= 4 is 29.3 Å². The first-order valence-electron chi connectivity index (χ1n) is 10.3. The van der Waals surface area contributed by atoms with E-state index in [4.69, 9.17) is 5.73 Å². The van der Waals surface area contributed by atoms with Gasteiger partial charge in [-0.05, 0) is 30.5 Å². The molecule has 1 aliphatic rings. The van der Waals surface area contributed by atoms with Crippen LogP contribution in [0.4, 0.5) is 5.69 Å². The number of benzene rings is 2. The molecule has 0 spiro atoms. The molecule has 1 unspecified atom stereocenters. The number of amides is 4. The van der Waals surface area contributed by atoms with Crippen molar-refractivity contribution in [3.63, 3.8) is 0 Å². The molecule has 2 aromatic rings. The van der Waals surface area contributed by atoms with Crippen LogP contribution >= 0.6 is 0 Å². The van der Waals surface area contributed by atoms with Gasteiger partial charge in [0.2, 0.25) is 17.7 Å². The lowest BCUT2D eigenvalue weighted by atomic mass is 9.99. The molecule has 0 saturated carbocycles. The molecule has 1 saturated heterocycles. The third-order valence-electron chi connectivity index (χ3n) is 5.23. The van der Waals surface area contributed by atoms with Gasteiger partial charge in [0.1, 0.15) is 6.04 Å². The zero-order chi connectivity index (χ0) is 23.3. The topological polar surface area (TPSA) is 122 Å². The van der Waals surface area contributed by atoms with Gasteiger partial charge in [-0.3, -0.25) is 24.5 Å². The molecule has 0 radical (unpaired) electrons. The molecule has 8 nitrogen and oxygen atoms in total. The maximum Gasteiger partial charge on any atom is 0.261 e. The fourth-order valence-corrected chi connectivity index (χ4v) is 3.70. The van der Waals surface area contributed by atoms with Crippen molar-refractivity contribution in [1.82, 2.24) is 15.5 Å². The van der Waals surface area contributed by atoms with Gasteiger partial charge in [0.15, 0.2) is 0 Å².